The molecular weight excluding hydrogens is 358 g/mol. The quantitative estimate of drug-likeness (QED) is 0.666. The number of amides is 1. The first-order valence-electron chi connectivity index (χ1n) is 8.09. The second kappa shape index (κ2) is 14.6. The lowest BCUT2D eigenvalue weighted by Crippen LogP contribution is -2.39. The first-order chi connectivity index (χ1) is 10.8. The molecule has 1 heterocycles. The summed E-state index contributed by atoms with van der Waals surface area (Å²) in [5, 5.41) is 6.07. The van der Waals surface area contributed by atoms with Crippen molar-refractivity contribution in [3.05, 3.63) is 22.8 Å². The van der Waals surface area contributed by atoms with Gasteiger partial charge in [0.15, 0.2) is 0 Å². The van der Waals surface area contributed by atoms with Crippen molar-refractivity contribution < 1.29 is 9.53 Å². The van der Waals surface area contributed by atoms with E-state index < -0.39 is 5.60 Å². The summed E-state index contributed by atoms with van der Waals surface area (Å²) in [7, 11) is 1.84. The summed E-state index contributed by atoms with van der Waals surface area (Å²) in [6.07, 6.45) is 3.62. The van der Waals surface area contributed by atoms with Gasteiger partial charge in [0.1, 0.15) is 5.60 Å². The van der Waals surface area contributed by atoms with Crippen molar-refractivity contribution in [2.45, 2.75) is 47.1 Å². The molecule has 0 aromatic rings. The fourth-order valence-corrected chi connectivity index (χ4v) is 1.85. The lowest BCUT2D eigenvalue weighted by atomic mass is 10.2. The lowest BCUT2D eigenvalue weighted by Gasteiger charge is -2.26. The average molecular weight is 392 g/mol. The summed E-state index contributed by atoms with van der Waals surface area (Å²) in [4.78, 5) is 15.4. The zero-order chi connectivity index (χ0) is 18.3. The van der Waals surface area contributed by atoms with Crippen LogP contribution in [0.1, 0.15) is 41.5 Å². The normalized spacial score (nSPS) is 16.7. The van der Waals surface area contributed by atoms with Crippen molar-refractivity contribution in [1.82, 2.24) is 15.5 Å². The summed E-state index contributed by atoms with van der Waals surface area (Å²) in [5.74, 6) is 0. The molecule has 1 aliphatic heterocycles. The Morgan fingerprint density at radius 2 is 2.00 bits per heavy atom. The van der Waals surface area contributed by atoms with Crippen LogP contribution in [0.5, 0.6) is 0 Å². The molecule has 0 atom stereocenters. The van der Waals surface area contributed by atoms with Crippen molar-refractivity contribution in [3.8, 4) is 0 Å². The molecule has 1 saturated heterocycles. The maximum absolute atomic E-state index is 11.9. The number of allylic oxidation sites excluding steroid dienone is 1. The predicted molar refractivity (Wildman–Crippen MR) is 103 cm³/mol. The second-order valence-corrected chi connectivity index (χ2v) is 6.14. The first-order valence-corrected chi connectivity index (χ1v) is 9.00. The number of hydrogen-bond acceptors (Lipinski definition) is 4. The van der Waals surface area contributed by atoms with Crippen LogP contribution in [0.2, 0.25) is 0 Å². The van der Waals surface area contributed by atoms with Crippen LogP contribution in [0.3, 0.4) is 0 Å². The minimum Gasteiger partial charge on any atom is -0.444 e. The molecule has 0 spiro atoms. The van der Waals surface area contributed by atoms with Crippen LogP contribution in [0.25, 0.3) is 0 Å². The first kappa shape index (κ1) is 24.2. The maximum atomic E-state index is 11.9. The fourth-order valence-electron chi connectivity index (χ4n) is 1.58. The van der Waals surface area contributed by atoms with Gasteiger partial charge >= 0.3 is 6.09 Å². The predicted octanol–water partition coefficient (Wildman–Crippen LogP) is 3.87. The number of halogens is 1. The highest BCUT2D eigenvalue weighted by Crippen LogP contribution is 2.11. The SMILES string of the molecule is C/C=C1\CNCCN(C(=O)OC(C)(C)C)C1.CC.CN/C=C/Br. The molecule has 0 unspecified atom stereocenters. The van der Waals surface area contributed by atoms with E-state index in [1.54, 1.807) is 16.1 Å². The Hall–Kier alpha value is -1.01. The summed E-state index contributed by atoms with van der Waals surface area (Å²) >= 11 is 3.07. The minimum absolute atomic E-state index is 0.226. The highest BCUT2D eigenvalue weighted by atomic mass is 79.9. The van der Waals surface area contributed by atoms with Gasteiger partial charge in [-0.3, -0.25) is 0 Å². The molecule has 6 heteroatoms. The Kier molecular flexibility index (Phi) is 15.4. The summed E-state index contributed by atoms with van der Waals surface area (Å²) < 4.78 is 5.36. The summed E-state index contributed by atoms with van der Waals surface area (Å²) in [6.45, 7) is 14.7. The van der Waals surface area contributed by atoms with Gasteiger partial charge in [-0.1, -0.05) is 35.9 Å². The van der Waals surface area contributed by atoms with Gasteiger partial charge in [0.25, 0.3) is 0 Å². The van der Waals surface area contributed by atoms with E-state index in [1.807, 2.05) is 48.6 Å². The van der Waals surface area contributed by atoms with E-state index in [1.165, 1.54) is 5.57 Å². The van der Waals surface area contributed by atoms with Crippen molar-refractivity contribution in [2.75, 3.05) is 33.2 Å². The Morgan fingerprint density at radius 1 is 1.39 bits per heavy atom. The van der Waals surface area contributed by atoms with Gasteiger partial charge in [0.05, 0.1) is 0 Å². The van der Waals surface area contributed by atoms with Gasteiger partial charge in [-0.25, -0.2) is 4.79 Å². The zero-order valence-electron chi connectivity index (χ0n) is 15.7. The van der Waals surface area contributed by atoms with Crippen LogP contribution in [0.4, 0.5) is 4.79 Å². The molecule has 2 N–H and O–H groups in total. The van der Waals surface area contributed by atoms with Crippen LogP contribution in [-0.4, -0.2) is 49.8 Å². The Bertz CT molecular complexity index is 363. The molecular formula is C17H34BrN3O2. The molecule has 1 aliphatic rings. The van der Waals surface area contributed by atoms with E-state index in [0.29, 0.717) is 13.1 Å². The molecule has 5 nitrogen and oxygen atoms in total. The molecule has 0 saturated carbocycles. The van der Waals surface area contributed by atoms with Crippen LogP contribution in [0.15, 0.2) is 22.8 Å². The number of carbonyl (C=O) groups excluding carboxylic acids is 1. The molecule has 0 aliphatic carbocycles. The number of carbonyl (C=O) groups is 1. The highest BCUT2D eigenvalue weighted by Gasteiger charge is 2.23. The molecule has 0 aromatic carbocycles. The highest BCUT2D eigenvalue weighted by molar-refractivity contribution is 9.11. The largest absolute Gasteiger partial charge is 0.444 e. The van der Waals surface area contributed by atoms with Crippen molar-refractivity contribution in [1.29, 1.82) is 0 Å². The fraction of sp³-hybridized carbons (Fsp3) is 0.706. The molecule has 1 amide bonds. The Balaban J connectivity index is 0. The van der Waals surface area contributed by atoms with E-state index >= 15 is 0 Å². The molecule has 0 aromatic heterocycles. The molecule has 0 radical (unpaired) electrons. The van der Waals surface area contributed by atoms with Crippen LogP contribution in [0, 0.1) is 0 Å². The molecule has 1 rings (SSSR count). The standard InChI is InChI=1S/C12H22N2O2.C3H6BrN.C2H6/c1-5-10-8-13-6-7-14(9-10)11(15)16-12(2,3)4;1-5-3-2-4;1-2/h5,13H,6-9H2,1-4H3;2-3,5H,1H3;1-2H3/b10-5+;3-2+;. The Labute approximate surface area is 150 Å². The van der Waals surface area contributed by atoms with Crippen LogP contribution >= 0.6 is 15.9 Å². The monoisotopic (exact) mass is 391 g/mol. The minimum atomic E-state index is -0.424. The summed E-state index contributed by atoms with van der Waals surface area (Å²) in [5.41, 5.74) is 0.802. The zero-order valence-corrected chi connectivity index (χ0v) is 17.3. The number of nitrogens with zero attached hydrogens (tertiary/aromatic N) is 1. The third kappa shape index (κ3) is 14.3. The van der Waals surface area contributed by atoms with E-state index in [9.17, 15) is 4.79 Å². The van der Waals surface area contributed by atoms with Crippen molar-refractivity contribution >= 4 is 22.0 Å². The van der Waals surface area contributed by atoms with Gasteiger partial charge in [0.2, 0.25) is 0 Å². The van der Waals surface area contributed by atoms with Crippen LogP contribution in [-0.2, 0) is 4.74 Å². The van der Waals surface area contributed by atoms with Gasteiger partial charge in [-0.05, 0) is 38.3 Å². The molecule has 136 valence electrons. The average Bonchev–Trinajstić information content (AvgIpc) is 2.74. The second-order valence-electron chi connectivity index (χ2n) is 5.61. The van der Waals surface area contributed by atoms with Crippen LogP contribution < -0.4 is 10.6 Å². The van der Waals surface area contributed by atoms with E-state index in [0.717, 1.165) is 13.1 Å². The van der Waals surface area contributed by atoms with Crippen molar-refractivity contribution in [2.24, 2.45) is 0 Å². The lowest BCUT2D eigenvalue weighted by molar-refractivity contribution is 0.0276. The number of nitrogens with one attached hydrogen (secondary N) is 2. The van der Waals surface area contributed by atoms with Gasteiger partial charge in [0, 0.05) is 39.4 Å². The smallest absolute Gasteiger partial charge is 0.410 e. The van der Waals surface area contributed by atoms with E-state index in [4.69, 9.17) is 4.74 Å². The third-order valence-electron chi connectivity index (χ3n) is 2.59. The number of rotatable bonds is 1. The number of ether oxygens (including phenoxy) is 1. The topological polar surface area (TPSA) is 53.6 Å². The van der Waals surface area contributed by atoms with E-state index in [-0.39, 0.29) is 6.09 Å². The van der Waals surface area contributed by atoms with Gasteiger partial charge < -0.3 is 20.3 Å². The number of hydrogen-bond donors (Lipinski definition) is 2. The molecule has 0 bridgehead atoms. The van der Waals surface area contributed by atoms with E-state index in [2.05, 4.69) is 32.6 Å². The molecule has 1 fully saturated rings. The van der Waals surface area contributed by atoms with Gasteiger partial charge in [-0.2, -0.15) is 0 Å². The van der Waals surface area contributed by atoms with Gasteiger partial charge in [-0.15, -0.1) is 0 Å². The summed E-state index contributed by atoms with van der Waals surface area (Å²) in [6, 6.07) is 0. The maximum Gasteiger partial charge on any atom is 0.410 e. The molecule has 23 heavy (non-hydrogen) atoms. The Morgan fingerprint density at radius 3 is 2.39 bits per heavy atom. The third-order valence-corrected chi connectivity index (χ3v) is 2.86. The van der Waals surface area contributed by atoms with Crippen molar-refractivity contribution in [3.63, 3.8) is 0 Å².